The van der Waals surface area contributed by atoms with Gasteiger partial charge in [-0.2, -0.15) is 0 Å². The van der Waals surface area contributed by atoms with Crippen molar-refractivity contribution < 1.29 is 14.7 Å². The van der Waals surface area contributed by atoms with Gasteiger partial charge in [-0.15, -0.1) is 0 Å². The SMILES string of the molecule is CC(=O)N1CC(C)Cc2cc(C(=O)NCCO)ccc21.Cc1cnc(N)nc1. The van der Waals surface area contributed by atoms with Gasteiger partial charge >= 0.3 is 0 Å². The molecule has 0 radical (unpaired) electrons. The number of aliphatic hydroxyl groups is 1. The van der Waals surface area contributed by atoms with Gasteiger partial charge in [0.25, 0.3) is 5.91 Å². The van der Waals surface area contributed by atoms with Gasteiger partial charge < -0.3 is 21.1 Å². The highest BCUT2D eigenvalue weighted by atomic mass is 16.3. The number of rotatable bonds is 3. The van der Waals surface area contributed by atoms with Crippen LogP contribution in [0.15, 0.2) is 30.6 Å². The van der Waals surface area contributed by atoms with Crippen LogP contribution in [-0.2, 0) is 11.2 Å². The summed E-state index contributed by atoms with van der Waals surface area (Å²) in [7, 11) is 0. The van der Waals surface area contributed by atoms with E-state index in [1.54, 1.807) is 30.3 Å². The quantitative estimate of drug-likeness (QED) is 0.733. The standard InChI is InChI=1S/C15H20N2O3.C5H7N3/c1-10-7-13-8-12(15(20)16-5-6-18)3-4-14(13)17(9-10)11(2)19;1-4-2-7-5(6)8-3-4/h3-4,8,10,18H,5-7,9H2,1-2H3,(H,16,20);2-3H,1H3,(H2,6,7,8). The van der Waals surface area contributed by atoms with Crippen LogP contribution in [0.4, 0.5) is 11.6 Å². The van der Waals surface area contributed by atoms with E-state index in [0.717, 1.165) is 29.8 Å². The lowest BCUT2D eigenvalue weighted by Crippen LogP contribution is -2.38. The molecule has 1 aromatic heterocycles. The Morgan fingerprint density at radius 3 is 2.57 bits per heavy atom. The van der Waals surface area contributed by atoms with E-state index in [9.17, 15) is 9.59 Å². The second-order valence-corrected chi connectivity index (χ2v) is 6.88. The summed E-state index contributed by atoms with van der Waals surface area (Å²) in [5.74, 6) is 0.530. The number of aliphatic hydroxyl groups excluding tert-OH is 1. The smallest absolute Gasteiger partial charge is 0.251 e. The van der Waals surface area contributed by atoms with Gasteiger partial charge in [0.05, 0.1) is 6.61 Å². The number of hydrogen-bond donors (Lipinski definition) is 3. The minimum Gasteiger partial charge on any atom is -0.395 e. The Hall–Kier alpha value is -3.00. The van der Waals surface area contributed by atoms with Crippen LogP contribution in [0.25, 0.3) is 0 Å². The normalized spacial score (nSPS) is 15.1. The van der Waals surface area contributed by atoms with E-state index in [0.29, 0.717) is 17.4 Å². The largest absolute Gasteiger partial charge is 0.395 e. The third-order valence-corrected chi connectivity index (χ3v) is 4.27. The lowest BCUT2D eigenvalue weighted by molar-refractivity contribution is -0.116. The molecule has 0 spiro atoms. The fourth-order valence-electron chi connectivity index (χ4n) is 2.98. The molecule has 1 unspecified atom stereocenters. The first-order chi connectivity index (χ1) is 13.3. The fourth-order valence-corrected chi connectivity index (χ4v) is 2.98. The van der Waals surface area contributed by atoms with E-state index < -0.39 is 0 Å². The average Bonchev–Trinajstić information content (AvgIpc) is 2.67. The molecule has 0 saturated carbocycles. The predicted octanol–water partition coefficient (Wildman–Crippen LogP) is 1.32. The maximum atomic E-state index is 11.9. The van der Waals surface area contributed by atoms with Gasteiger partial charge in [-0.05, 0) is 48.6 Å². The third-order valence-electron chi connectivity index (χ3n) is 4.27. The zero-order chi connectivity index (χ0) is 20.7. The van der Waals surface area contributed by atoms with E-state index >= 15 is 0 Å². The Kier molecular flexibility index (Phi) is 7.45. The number of nitrogens with two attached hydrogens (primary N) is 1. The molecule has 0 fully saturated rings. The van der Waals surface area contributed by atoms with Gasteiger partial charge in [-0.1, -0.05) is 6.92 Å². The van der Waals surface area contributed by atoms with Crippen LogP contribution in [0.3, 0.4) is 0 Å². The summed E-state index contributed by atoms with van der Waals surface area (Å²) >= 11 is 0. The van der Waals surface area contributed by atoms with Crippen molar-refractivity contribution in [3.05, 3.63) is 47.3 Å². The topological polar surface area (TPSA) is 121 Å². The summed E-state index contributed by atoms with van der Waals surface area (Å²) in [4.78, 5) is 32.8. The van der Waals surface area contributed by atoms with Crippen molar-refractivity contribution in [2.75, 3.05) is 30.3 Å². The van der Waals surface area contributed by atoms with Gasteiger partial charge in [0.15, 0.2) is 0 Å². The van der Waals surface area contributed by atoms with E-state index in [4.69, 9.17) is 10.8 Å². The Balaban J connectivity index is 0.000000292. The summed E-state index contributed by atoms with van der Waals surface area (Å²) in [5, 5.41) is 11.4. The molecule has 0 bridgehead atoms. The molecule has 8 nitrogen and oxygen atoms in total. The molecule has 1 atom stereocenters. The Morgan fingerprint density at radius 2 is 2.00 bits per heavy atom. The zero-order valence-corrected chi connectivity index (χ0v) is 16.5. The fraction of sp³-hybridized carbons (Fsp3) is 0.400. The monoisotopic (exact) mass is 385 g/mol. The Morgan fingerprint density at radius 1 is 1.32 bits per heavy atom. The average molecular weight is 385 g/mol. The minimum atomic E-state index is -0.200. The number of nitrogens with one attached hydrogen (secondary N) is 1. The highest BCUT2D eigenvalue weighted by Gasteiger charge is 2.25. The van der Waals surface area contributed by atoms with Crippen LogP contribution in [-0.4, -0.2) is 46.6 Å². The molecule has 28 heavy (non-hydrogen) atoms. The van der Waals surface area contributed by atoms with E-state index in [2.05, 4.69) is 22.2 Å². The summed E-state index contributed by atoms with van der Waals surface area (Å²) in [6, 6.07) is 5.39. The summed E-state index contributed by atoms with van der Waals surface area (Å²) in [6.07, 6.45) is 4.23. The van der Waals surface area contributed by atoms with Crippen LogP contribution >= 0.6 is 0 Å². The molecule has 0 saturated heterocycles. The van der Waals surface area contributed by atoms with Gasteiger partial charge in [-0.3, -0.25) is 9.59 Å². The Labute approximate surface area is 164 Å². The summed E-state index contributed by atoms with van der Waals surface area (Å²) in [5.41, 5.74) is 8.72. The number of amides is 2. The number of fused-ring (bicyclic) bond motifs is 1. The van der Waals surface area contributed by atoms with Crippen molar-refractivity contribution in [2.45, 2.75) is 27.2 Å². The first-order valence-corrected chi connectivity index (χ1v) is 9.16. The molecule has 1 aliphatic heterocycles. The van der Waals surface area contributed by atoms with E-state index in [1.165, 1.54) is 0 Å². The van der Waals surface area contributed by atoms with Crippen LogP contribution < -0.4 is 16.0 Å². The maximum absolute atomic E-state index is 11.9. The molecular formula is C20H27N5O3. The number of nitrogen functional groups attached to an aromatic ring is 1. The molecule has 3 rings (SSSR count). The van der Waals surface area contributed by atoms with Crippen LogP contribution in [0.2, 0.25) is 0 Å². The number of carbonyl (C=O) groups excluding carboxylic acids is 2. The Bertz CT molecular complexity index is 802. The van der Waals surface area contributed by atoms with Gasteiger partial charge in [-0.25, -0.2) is 9.97 Å². The van der Waals surface area contributed by atoms with Crippen LogP contribution in [0, 0.1) is 12.8 Å². The third kappa shape index (κ3) is 5.75. The maximum Gasteiger partial charge on any atom is 0.251 e. The van der Waals surface area contributed by atoms with Crippen molar-refractivity contribution in [2.24, 2.45) is 5.92 Å². The first kappa shape index (κ1) is 21.3. The molecule has 4 N–H and O–H groups in total. The highest BCUT2D eigenvalue weighted by Crippen LogP contribution is 2.30. The second-order valence-electron chi connectivity index (χ2n) is 6.88. The van der Waals surface area contributed by atoms with Crippen molar-refractivity contribution in [3.8, 4) is 0 Å². The predicted molar refractivity (Wildman–Crippen MR) is 108 cm³/mol. The molecule has 150 valence electrons. The van der Waals surface area contributed by atoms with Crippen molar-refractivity contribution in [3.63, 3.8) is 0 Å². The molecule has 2 aromatic rings. The van der Waals surface area contributed by atoms with Crippen LogP contribution in [0.1, 0.15) is 35.3 Å². The van der Waals surface area contributed by atoms with Gasteiger partial charge in [0.1, 0.15) is 0 Å². The number of benzene rings is 1. The van der Waals surface area contributed by atoms with Crippen molar-refractivity contribution in [1.29, 1.82) is 0 Å². The molecule has 1 aromatic carbocycles. The lowest BCUT2D eigenvalue weighted by atomic mass is 9.92. The lowest BCUT2D eigenvalue weighted by Gasteiger charge is -2.32. The number of carbonyl (C=O) groups is 2. The first-order valence-electron chi connectivity index (χ1n) is 9.16. The molecular weight excluding hydrogens is 358 g/mol. The molecule has 0 aliphatic carbocycles. The number of aromatic nitrogens is 2. The minimum absolute atomic E-state index is 0.0234. The number of nitrogens with zero attached hydrogens (tertiary/aromatic N) is 3. The van der Waals surface area contributed by atoms with Crippen molar-refractivity contribution in [1.82, 2.24) is 15.3 Å². The van der Waals surface area contributed by atoms with Crippen LogP contribution in [0.5, 0.6) is 0 Å². The summed E-state index contributed by atoms with van der Waals surface area (Å²) < 4.78 is 0. The molecule has 2 heterocycles. The number of anilines is 2. The molecule has 2 amide bonds. The molecule has 8 heteroatoms. The van der Waals surface area contributed by atoms with Gasteiger partial charge in [0.2, 0.25) is 11.9 Å². The second kappa shape index (κ2) is 9.80. The number of aryl methyl sites for hydroxylation is 1. The van der Waals surface area contributed by atoms with E-state index in [1.807, 2.05) is 19.1 Å². The van der Waals surface area contributed by atoms with Gasteiger partial charge in [0, 0.05) is 43.7 Å². The zero-order valence-electron chi connectivity index (χ0n) is 16.5. The highest BCUT2D eigenvalue weighted by molar-refractivity contribution is 5.97. The van der Waals surface area contributed by atoms with Crippen molar-refractivity contribution >= 4 is 23.5 Å². The molecule has 1 aliphatic rings. The number of hydrogen-bond acceptors (Lipinski definition) is 6. The van der Waals surface area contributed by atoms with E-state index in [-0.39, 0.29) is 25.0 Å². The summed E-state index contributed by atoms with van der Waals surface area (Å²) in [6.45, 7) is 6.45.